The SMILES string of the molecule is COCCOCCOCCN(CC(C)(C)SSCCC(C(=O)ON1C(=O)CCC1=O)S(C)(=O)=O)c1cc(COc2cc3c(cc2OC)C(=O)N2c4ccccc4C[C@@H]2C=N3)cc(COc2cc3c(cc2OC)C(=O)N2c4ccccc4C[C@H]2CN3)c1. The first-order valence-electron chi connectivity index (χ1n) is 28.3. The lowest BCUT2D eigenvalue weighted by atomic mass is 10.1. The van der Waals surface area contributed by atoms with Crippen LogP contribution >= 0.6 is 21.6 Å². The average molecular weight is 1240 g/mol. The first kappa shape index (κ1) is 61.7. The maximum absolute atomic E-state index is 14.3. The van der Waals surface area contributed by atoms with E-state index in [0.717, 1.165) is 52.0 Å². The molecule has 21 nitrogen and oxygen atoms in total. The number of fused-ring (bicyclic) bond motifs is 8. The number of ether oxygens (including phenoxy) is 7. The molecule has 0 aliphatic carbocycles. The minimum Gasteiger partial charge on any atom is -0.493 e. The molecular formula is C62H70N6O15S3. The Morgan fingerprint density at radius 2 is 1.35 bits per heavy atom. The van der Waals surface area contributed by atoms with Crippen LogP contribution < -0.4 is 39.0 Å². The van der Waals surface area contributed by atoms with Gasteiger partial charge < -0.3 is 53.1 Å². The lowest BCUT2D eigenvalue weighted by Crippen LogP contribution is -2.40. The number of carbonyl (C=O) groups excluding carboxylic acids is 5. The second-order valence-electron chi connectivity index (χ2n) is 22.0. The fourth-order valence-corrected chi connectivity index (χ4v) is 14.8. The maximum atomic E-state index is 14.3. The third kappa shape index (κ3) is 14.1. The Morgan fingerprint density at radius 1 is 0.744 bits per heavy atom. The van der Waals surface area contributed by atoms with Crippen molar-refractivity contribution in [2.24, 2.45) is 4.99 Å². The fraction of sp³-hybridized carbons (Fsp3) is 0.419. The van der Waals surface area contributed by atoms with Crippen LogP contribution in [0.4, 0.5) is 28.4 Å². The van der Waals surface area contributed by atoms with E-state index in [0.29, 0.717) is 110 Å². The molecule has 86 heavy (non-hydrogen) atoms. The predicted molar refractivity (Wildman–Crippen MR) is 330 cm³/mol. The van der Waals surface area contributed by atoms with Crippen LogP contribution in [0.25, 0.3) is 0 Å². The first-order valence-corrected chi connectivity index (χ1v) is 32.6. The molecule has 0 saturated carbocycles. The summed E-state index contributed by atoms with van der Waals surface area (Å²) in [6.45, 7) is 7.50. The van der Waals surface area contributed by atoms with Crippen LogP contribution in [0.15, 0.2) is 96.0 Å². The van der Waals surface area contributed by atoms with Gasteiger partial charge in [0.15, 0.2) is 38.1 Å². The monoisotopic (exact) mass is 1230 g/mol. The van der Waals surface area contributed by atoms with Gasteiger partial charge >= 0.3 is 5.97 Å². The number of imide groups is 1. The number of para-hydroxylation sites is 2. The molecule has 5 aliphatic heterocycles. The molecule has 0 aromatic heterocycles. The van der Waals surface area contributed by atoms with Gasteiger partial charge in [0.2, 0.25) is 0 Å². The summed E-state index contributed by atoms with van der Waals surface area (Å²) in [5.41, 5.74) is 8.18. The number of carbonyl (C=O) groups is 5. The van der Waals surface area contributed by atoms with Gasteiger partial charge in [-0.25, -0.2) is 13.2 Å². The number of benzene rings is 5. The van der Waals surface area contributed by atoms with Crippen molar-refractivity contribution in [3.63, 3.8) is 0 Å². The summed E-state index contributed by atoms with van der Waals surface area (Å²) in [4.78, 5) is 81.8. The van der Waals surface area contributed by atoms with Crippen LogP contribution in [0, 0.1) is 0 Å². The van der Waals surface area contributed by atoms with Crippen molar-refractivity contribution in [1.82, 2.24) is 5.06 Å². The largest absolute Gasteiger partial charge is 0.493 e. The second-order valence-corrected chi connectivity index (χ2v) is 27.3. The van der Waals surface area contributed by atoms with Crippen molar-refractivity contribution < 1.29 is 70.4 Å². The molecule has 5 aliphatic rings. The highest BCUT2D eigenvalue weighted by Gasteiger charge is 2.41. The number of hydrogen-bond donors (Lipinski definition) is 1. The molecular weight excluding hydrogens is 1160 g/mol. The van der Waals surface area contributed by atoms with Gasteiger partial charge in [0.05, 0.1) is 81.8 Å². The summed E-state index contributed by atoms with van der Waals surface area (Å²) in [6.07, 6.45) is 3.73. The molecule has 0 spiro atoms. The molecule has 5 heterocycles. The van der Waals surface area contributed by atoms with Gasteiger partial charge in [0, 0.05) is 98.2 Å². The number of anilines is 4. The van der Waals surface area contributed by atoms with E-state index >= 15 is 0 Å². The number of nitrogens with one attached hydrogen (secondary N) is 1. The van der Waals surface area contributed by atoms with Gasteiger partial charge in [-0.1, -0.05) is 58.0 Å². The Balaban J connectivity index is 0.923. The molecule has 1 saturated heterocycles. The Morgan fingerprint density at radius 3 is 2.01 bits per heavy atom. The third-order valence-electron chi connectivity index (χ3n) is 15.3. The summed E-state index contributed by atoms with van der Waals surface area (Å²) in [5.74, 6) is -1.18. The van der Waals surface area contributed by atoms with Crippen molar-refractivity contribution in [3.05, 3.63) is 124 Å². The fourth-order valence-electron chi connectivity index (χ4n) is 11.1. The van der Waals surface area contributed by atoms with Crippen molar-refractivity contribution in [2.75, 3.05) is 106 Å². The maximum Gasteiger partial charge on any atom is 0.351 e. The Labute approximate surface area is 508 Å². The minimum atomic E-state index is -3.99. The predicted octanol–water partition coefficient (Wildman–Crippen LogP) is 8.20. The molecule has 10 rings (SSSR count). The van der Waals surface area contributed by atoms with E-state index in [-0.39, 0.29) is 62.1 Å². The number of aliphatic imine (C=N–C) groups is 1. The van der Waals surface area contributed by atoms with E-state index in [9.17, 15) is 32.4 Å². The van der Waals surface area contributed by atoms with Crippen molar-refractivity contribution >= 4 is 95.7 Å². The van der Waals surface area contributed by atoms with E-state index in [1.165, 1.54) is 35.8 Å². The van der Waals surface area contributed by atoms with Gasteiger partial charge in [-0.15, -0.1) is 5.06 Å². The smallest absolute Gasteiger partial charge is 0.351 e. The van der Waals surface area contributed by atoms with Crippen LogP contribution in [0.3, 0.4) is 0 Å². The highest BCUT2D eigenvalue weighted by molar-refractivity contribution is 8.77. The number of hydroxylamine groups is 2. The third-order valence-corrected chi connectivity index (χ3v) is 20.0. The first-order chi connectivity index (χ1) is 41.4. The quantitative estimate of drug-likeness (QED) is 0.0282. The zero-order valence-corrected chi connectivity index (χ0v) is 51.3. The second kappa shape index (κ2) is 27.1. The van der Waals surface area contributed by atoms with Crippen LogP contribution in [0.1, 0.15) is 76.1 Å². The van der Waals surface area contributed by atoms with E-state index in [1.54, 1.807) is 30.2 Å². The van der Waals surface area contributed by atoms with Crippen LogP contribution in [-0.4, -0.2) is 157 Å². The Kier molecular flexibility index (Phi) is 19.5. The van der Waals surface area contributed by atoms with Crippen LogP contribution in [0.2, 0.25) is 0 Å². The van der Waals surface area contributed by atoms with Crippen molar-refractivity contribution in [3.8, 4) is 23.0 Å². The lowest BCUT2D eigenvalue weighted by molar-refractivity contribution is -0.197. The average Bonchev–Trinajstić information content (AvgIpc) is 1.77. The molecule has 0 radical (unpaired) electrons. The number of sulfone groups is 1. The summed E-state index contributed by atoms with van der Waals surface area (Å²) in [5, 5.41) is 2.27. The van der Waals surface area contributed by atoms with Gasteiger partial charge in [0.25, 0.3) is 23.6 Å². The number of amides is 4. The molecule has 0 bridgehead atoms. The van der Waals surface area contributed by atoms with Crippen LogP contribution in [-0.2, 0) is 69.3 Å². The summed E-state index contributed by atoms with van der Waals surface area (Å²) >= 11 is 0. The highest BCUT2D eigenvalue weighted by atomic mass is 33.1. The summed E-state index contributed by atoms with van der Waals surface area (Å²) < 4.78 is 67.3. The Bertz CT molecular complexity index is 3510. The van der Waals surface area contributed by atoms with Gasteiger partial charge in [-0.3, -0.25) is 29.1 Å². The van der Waals surface area contributed by atoms with Gasteiger partial charge in [-0.05, 0) is 91.4 Å². The van der Waals surface area contributed by atoms with E-state index in [4.69, 9.17) is 43.0 Å². The molecule has 4 amide bonds. The molecule has 5 aromatic carbocycles. The van der Waals surface area contributed by atoms with E-state index < -0.39 is 37.6 Å². The van der Waals surface area contributed by atoms with Crippen molar-refractivity contribution in [1.29, 1.82) is 0 Å². The number of nitrogens with zero attached hydrogens (tertiary/aromatic N) is 5. The van der Waals surface area contributed by atoms with Gasteiger partial charge in [0.1, 0.15) is 13.2 Å². The standard InChI is InChI=1S/C62H70N6O15S3/c1-62(2,85-84-24-17-56(86(6,74)75)61(73)83-68-57(69)15-16-58(68)70)38-65(18-19-79-22-23-80-21-20-76-3)43-26-39(36-81-54-32-48-46(30-52(54)77-4)59(71)66-44(34-63-48)28-41-11-7-9-13-50(41)66)25-40(27-43)37-82-55-33-49-47(31-53(55)78-5)60(72)67-45(35-64-49)29-42-12-8-10-14-51(42)67/h7-14,25-27,30-34,44-45,56,64H,15-24,28-29,35-38H2,1-6H3/t44-,45+,56?/m1/s1. The van der Waals surface area contributed by atoms with Crippen LogP contribution in [0.5, 0.6) is 23.0 Å². The topological polar surface area (TPSA) is 231 Å². The Hall–Kier alpha value is -7.35. The minimum absolute atomic E-state index is 0.0476. The molecule has 1 N–H and O–H groups in total. The normalized spacial score (nSPS) is 17.2. The molecule has 456 valence electrons. The van der Waals surface area contributed by atoms with E-state index in [1.807, 2.05) is 77.8 Å². The number of rotatable bonds is 28. The summed E-state index contributed by atoms with van der Waals surface area (Å²) in [7, 11) is 3.57. The van der Waals surface area contributed by atoms with Gasteiger partial charge in [-0.2, -0.15) is 0 Å². The number of methoxy groups -OCH3 is 3. The molecule has 5 aromatic rings. The zero-order valence-electron chi connectivity index (χ0n) is 48.9. The molecule has 3 atom stereocenters. The molecule has 1 fully saturated rings. The molecule has 1 unspecified atom stereocenters. The summed E-state index contributed by atoms with van der Waals surface area (Å²) in [6, 6.07) is 28.5. The lowest BCUT2D eigenvalue weighted by Gasteiger charge is -2.34. The van der Waals surface area contributed by atoms with Crippen molar-refractivity contribution in [2.45, 2.75) is 81.2 Å². The van der Waals surface area contributed by atoms with E-state index in [2.05, 4.69) is 30.1 Å². The zero-order chi connectivity index (χ0) is 60.7. The number of hydrogen-bond acceptors (Lipinski definition) is 20. The molecule has 24 heteroatoms. The highest BCUT2D eigenvalue weighted by Crippen LogP contribution is 2.44.